The Balaban J connectivity index is 2.26. The highest BCUT2D eigenvalue weighted by atomic mass is 15.4. The molecular formula is C20H20N2. The lowest BCUT2D eigenvalue weighted by molar-refractivity contribution is 0.440. The van der Waals surface area contributed by atoms with Crippen molar-refractivity contribution in [2.45, 2.75) is 6.92 Å². The third-order valence-electron chi connectivity index (χ3n) is 3.80. The van der Waals surface area contributed by atoms with Crippen molar-refractivity contribution in [1.82, 2.24) is 5.01 Å². The molecule has 3 aromatic carbocycles. The van der Waals surface area contributed by atoms with Gasteiger partial charge in [0.05, 0.1) is 6.21 Å². The van der Waals surface area contributed by atoms with Gasteiger partial charge in [0.15, 0.2) is 0 Å². The van der Waals surface area contributed by atoms with Gasteiger partial charge in [-0.3, -0.25) is 0 Å². The van der Waals surface area contributed by atoms with Gasteiger partial charge in [-0.2, -0.15) is 5.10 Å². The number of aryl methyl sites for hydroxylation is 1. The minimum Gasteiger partial charge on any atom is -0.303 e. The van der Waals surface area contributed by atoms with E-state index in [0.29, 0.717) is 0 Å². The highest BCUT2D eigenvalue weighted by Gasteiger charge is 2.10. The van der Waals surface area contributed by atoms with Crippen molar-refractivity contribution >= 4 is 17.0 Å². The van der Waals surface area contributed by atoms with Crippen LogP contribution < -0.4 is 0 Å². The number of fused-ring (bicyclic) bond motifs is 1. The summed E-state index contributed by atoms with van der Waals surface area (Å²) in [6, 6.07) is 21.3. The molecule has 3 rings (SSSR count). The Morgan fingerprint density at radius 3 is 2.41 bits per heavy atom. The van der Waals surface area contributed by atoms with E-state index in [9.17, 15) is 0 Å². The first-order valence-electron chi connectivity index (χ1n) is 7.46. The maximum absolute atomic E-state index is 4.40. The lowest BCUT2D eigenvalue weighted by atomic mass is 9.91. The van der Waals surface area contributed by atoms with Crippen molar-refractivity contribution in [1.29, 1.82) is 0 Å². The van der Waals surface area contributed by atoms with Crippen molar-refractivity contribution < 1.29 is 0 Å². The summed E-state index contributed by atoms with van der Waals surface area (Å²) in [5.41, 5.74) is 4.93. The molecular weight excluding hydrogens is 268 g/mol. The zero-order valence-electron chi connectivity index (χ0n) is 13.2. The second-order valence-corrected chi connectivity index (χ2v) is 5.66. The molecule has 2 nitrogen and oxygen atoms in total. The van der Waals surface area contributed by atoms with Crippen LogP contribution in [-0.4, -0.2) is 25.3 Å². The monoisotopic (exact) mass is 288 g/mol. The van der Waals surface area contributed by atoms with Crippen LogP contribution in [0, 0.1) is 6.92 Å². The molecule has 0 bridgehead atoms. The maximum Gasteiger partial charge on any atom is 0.0548 e. The molecule has 0 amide bonds. The molecule has 0 radical (unpaired) electrons. The number of hydrogen-bond donors (Lipinski definition) is 0. The van der Waals surface area contributed by atoms with Crippen LogP contribution in [0.5, 0.6) is 0 Å². The molecule has 0 saturated carbocycles. The van der Waals surface area contributed by atoms with Crippen LogP contribution in [0.3, 0.4) is 0 Å². The Hall–Kier alpha value is -2.61. The fraction of sp³-hybridized carbons (Fsp3) is 0.150. The molecule has 0 atom stereocenters. The summed E-state index contributed by atoms with van der Waals surface area (Å²) in [6.07, 6.45) is 1.93. The van der Waals surface area contributed by atoms with Crippen molar-refractivity contribution in [3.8, 4) is 11.1 Å². The van der Waals surface area contributed by atoms with Crippen molar-refractivity contribution in [3.05, 3.63) is 71.8 Å². The average molecular weight is 288 g/mol. The van der Waals surface area contributed by atoms with Gasteiger partial charge < -0.3 is 5.01 Å². The van der Waals surface area contributed by atoms with Crippen LogP contribution in [0.15, 0.2) is 65.8 Å². The molecule has 0 aromatic heterocycles. The minimum absolute atomic E-state index is 1.13. The summed E-state index contributed by atoms with van der Waals surface area (Å²) >= 11 is 0. The van der Waals surface area contributed by atoms with Crippen LogP contribution in [0.1, 0.15) is 11.1 Å². The lowest BCUT2D eigenvalue weighted by Crippen LogP contribution is -2.02. The van der Waals surface area contributed by atoms with Gasteiger partial charge in [-0.1, -0.05) is 60.7 Å². The Kier molecular flexibility index (Phi) is 3.92. The predicted octanol–water partition coefficient (Wildman–Crippen LogP) is 4.71. The molecule has 0 aliphatic carbocycles. The maximum atomic E-state index is 4.40. The Bertz CT molecular complexity index is 832. The number of hydrazone groups is 1. The highest BCUT2D eigenvalue weighted by molar-refractivity contribution is 6.02. The van der Waals surface area contributed by atoms with E-state index in [1.165, 1.54) is 27.5 Å². The van der Waals surface area contributed by atoms with E-state index in [4.69, 9.17) is 0 Å². The number of benzene rings is 3. The van der Waals surface area contributed by atoms with Gasteiger partial charge in [0.1, 0.15) is 0 Å². The standard InChI is InChI=1S/C20H20N2/c1-15-12-13-16-8-4-6-10-18(16)20(15)19-11-7-5-9-17(19)14-21-22(2)3/h4-14H,1-3H3/b21-14+. The summed E-state index contributed by atoms with van der Waals surface area (Å²) in [4.78, 5) is 0. The molecule has 0 fully saturated rings. The van der Waals surface area contributed by atoms with Crippen LogP contribution >= 0.6 is 0 Å². The van der Waals surface area contributed by atoms with E-state index in [-0.39, 0.29) is 0 Å². The number of rotatable bonds is 3. The molecule has 0 unspecified atom stereocenters. The van der Waals surface area contributed by atoms with Crippen LogP contribution in [0.2, 0.25) is 0 Å². The predicted molar refractivity (Wildman–Crippen MR) is 95.4 cm³/mol. The van der Waals surface area contributed by atoms with Gasteiger partial charge in [0.2, 0.25) is 0 Å². The topological polar surface area (TPSA) is 15.6 Å². The first-order chi connectivity index (χ1) is 10.7. The van der Waals surface area contributed by atoms with Crippen LogP contribution in [0.4, 0.5) is 0 Å². The third-order valence-corrected chi connectivity index (χ3v) is 3.80. The second-order valence-electron chi connectivity index (χ2n) is 5.66. The second kappa shape index (κ2) is 6.02. The van der Waals surface area contributed by atoms with E-state index >= 15 is 0 Å². The van der Waals surface area contributed by atoms with E-state index in [0.717, 1.165) is 5.56 Å². The SMILES string of the molecule is Cc1ccc2ccccc2c1-c1ccccc1/C=N/N(C)C. The van der Waals surface area contributed by atoms with Gasteiger partial charge in [0.25, 0.3) is 0 Å². The summed E-state index contributed by atoms with van der Waals surface area (Å²) in [7, 11) is 3.87. The van der Waals surface area contributed by atoms with Crippen molar-refractivity contribution in [2.24, 2.45) is 5.10 Å². The number of nitrogens with zero attached hydrogens (tertiary/aromatic N) is 2. The quantitative estimate of drug-likeness (QED) is 0.503. The summed E-state index contributed by atoms with van der Waals surface area (Å²) in [5, 5.41) is 8.76. The summed E-state index contributed by atoms with van der Waals surface area (Å²) < 4.78 is 0. The fourth-order valence-corrected chi connectivity index (χ4v) is 2.75. The summed E-state index contributed by atoms with van der Waals surface area (Å²) in [5.74, 6) is 0. The van der Waals surface area contributed by atoms with Gasteiger partial charge >= 0.3 is 0 Å². The lowest BCUT2D eigenvalue weighted by Gasteiger charge is -2.13. The normalized spacial score (nSPS) is 11.2. The smallest absolute Gasteiger partial charge is 0.0548 e. The summed E-state index contributed by atoms with van der Waals surface area (Å²) in [6.45, 7) is 2.17. The molecule has 0 N–H and O–H groups in total. The molecule has 3 aromatic rings. The van der Waals surface area contributed by atoms with E-state index < -0.39 is 0 Å². The molecule has 2 heteroatoms. The first kappa shape index (κ1) is 14.3. The van der Waals surface area contributed by atoms with Gasteiger partial charge in [0, 0.05) is 19.7 Å². The third kappa shape index (κ3) is 2.73. The molecule has 0 aliphatic heterocycles. The minimum atomic E-state index is 1.13. The average Bonchev–Trinajstić information content (AvgIpc) is 2.53. The molecule has 110 valence electrons. The zero-order chi connectivity index (χ0) is 15.5. The molecule has 0 spiro atoms. The molecule has 0 heterocycles. The fourth-order valence-electron chi connectivity index (χ4n) is 2.75. The zero-order valence-corrected chi connectivity index (χ0v) is 13.2. The van der Waals surface area contributed by atoms with Crippen LogP contribution in [0.25, 0.3) is 21.9 Å². The van der Waals surface area contributed by atoms with Gasteiger partial charge in [-0.25, -0.2) is 0 Å². The Morgan fingerprint density at radius 1 is 0.864 bits per heavy atom. The first-order valence-corrected chi connectivity index (χ1v) is 7.46. The molecule has 0 saturated heterocycles. The van der Waals surface area contributed by atoms with Crippen molar-refractivity contribution in [2.75, 3.05) is 14.1 Å². The van der Waals surface area contributed by atoms with E-state index in [1.54, 1.807) is 0 Å². The largest absolute Gasteiger partial charge is 0.303 e. The van der Waals surface area contributed by atoms with E-state index in [1.807, 2.05) is 25.3 Å². The highest BCUT2D eigenvalue weighted by Crippen LogP contribution is 2.33. The van der Waals surface area contributed by atoms with E-state index in [2.05, 4.69) is 72.7 Å². The van der Waals surface area contributed by atoms with Gasteiger partial charge in [-0.15, -0.1) is 0 Å². The molecule has 22 heavy (non-hydrogen) atoms. The number of hydrogen-bond acceptors (Lipinski definition) is 2. The van der Waals surface area contributed by atoms with Crippen LogP contribution in [-0.2, 0) is 0 Å². The van der Waals surface area contributed by atoms with Gasteiger partial charge in [-0.05, 0) is 34.4 Å². The molecule has 0 aliphatic rings. The Labute approximate surface area is 131 Å². The van der Waals surface area contributed by atoms with Crippen molar-refractivity contribution in [3.63, 3.8) is 0 Å². The Morgan fingerprint density at radius 2 is 1.59 bits per heavy atom.